The molecule has 1 amide bonds. The summed E-state index contributed by atoms with van der Waals surface area (Å²) in [5.74, 6) is 0.0712. The van der Waals surface area contributed by atoms with Gasteiger partial charge in [0, 0.05) is 58.1 Å². The summed E-state index contributed by atoms with van der Waals surface area (Å²) in [7, 11) is -1.26. The second-order valence-electron chi connectivity index (χ2n) is 7.21. The van der Waals surface area contributed by atoms with Gasteiger partial charge in [-0.25, -0.2) is 12.7 Å². The number of hydrogen-bond donors (Lipinski definition) is 0. The van der Waals surface area contributed by atoms with Crippen molar-refractivity contribution in [3.8, 4) is 0 Å². The van der Waals surface area contributed by atoms with Crippen molar-refractivity contribution in [2.75, 3.05) is 45.5 Å². The zero-order valence-electron chi connectivity index (χ0n) is 15.3. The highest BCUT2D eigenvalue weighted by molar-refractivity contribution is 7.88. The van der Waals surface area contributed by atoms with Gasteiger partial charge in [0.2, 0.25) is 10.0 Å². The van der Waals surface area contributed by atoms with E-state index in [0.717, 1.165) is 25.9 Å². The molecule has 0 saturated carbocycles. The molecule has 1 aromatic rings. The maximum Gasteiger partial charge on any atom is 0.270 e. The van der Waals surface area contributed by atoms with Crippen molar-refractivity contribution in [3.63, 3.8) is 0 Å². The third-order valence-electron chi connectivity index (χ3n) is 5.82. The van der Waals surface area contributed by atoms with Crippen LogP contribution in [0, 0.1) is 0 Å². The number of piperazine rings is 1. The van der Waals surface area contributed by atoms with Gasteiger partial charge in [-0.3, -0.25) is 9.69 Å². The van der Waals surface area contributed by atoms with E-state index < -0.39 is 10.0 Å². The summed E-state index contributed by atoms with van der Waals surface area (Å²) in [6.07, 6.45) is 4.95. The Morgan fingerprint density at radius 2 is 1.88 bits per heavy atom. The van der Waals surface area contributed by atoms with E-state index in [1.54, 1.807) is 4.31 Å². The van der Waals surface area contributed by atoms with Crippen LogP contribution in [0.2, 0.25) is 0 Å². The van der Waals surface area contributed by atoms with E-state index in [4.69, 9.17) is 0 Å². The van der Waals surface area contributed by atoms with Gasteiger partial charge in [-0.1, -0.05) is 6.92 Å². The van der Waals surface area contributed by atoms with Crippen LogP contribution >= 0.6 is 0 Å². The van der Waals surface area contributed by atoms with Crippen LogP contribution in [-0.2, 0) is 17.1 Å². The summed E-state index contributed by atoms with van der Waals surface area (Å²) in [5, 5.41) is 0. The minimum Gasteiger partial charge on any atom is -0.347 e. The van der Waals surface area contributed by atoms with Gasteiger partial charge in [0.25, 0.3) is 5.91 Å². The molecule has 0 N–H and O–H groups in total. The lowest BCUT2D eigenvalue weighted by Gasteiger charge is -2.45. The fourth-order valence-corrected chi connectivity index (χ4v) is 5.00. The van der Waals surface area contributed by atoms with Gasteiger partial charge in [0.1, 0.15) is 5.69 Å². The lowest BCUT2D eigenvalue weighted by atomic mass is 9.92. The quantitative estimate of drug-likeness (QED) is 0.781. The minimum atomic E-state index is -3.14. The largest absolute Gasteiger partial charge is 0.347 e. The maximum absolute atomic E-state index is 12.6. The zero-order chi connectivity index (χ0) is 18.2. The Bertz CT molecular complexity index is 737. The normalized spacial score (nSPS) is 26.3. The van der Waals surface area contributed by atoms with E-state index in [0.29, 0.717) is 31.9 Å². The van der Waals surface area contributed by atoms with Gasteiger partial charge in [-0.2, -0.15) is 0 Å². The van der Waals surface area contributed by atoms with Crippen LogP contribution in [-0.4, -0.2) is 84.1 Å². The van der Waals surface area contributed by atoms with Crippen molar-refractivity contribution in [3.05, 3.63) is 24.0 Å². The van der Waals surface area contributed by atoms with E-state index in [2.05, 4.69) is 11.8 Å². The average molecular weight is 369 g/mol. The van der Waals surface area contributed by atoms with Crippen LogP contribution in [0.4, 0.5) is 0 Å². The van der Waals surface area contributed by atoms with Gasteiger partial charge in [0.15, 0.2) is 0 Å². The molecule has 0 bridgehead atoms. The second-order valence-corrected chi connectivity index (χ2v) is 9.19. The molecule has 8 heteroatoms. The Morgan fingerprint density at radius 1 is 1.20 bits per heavy atom. The molecule has 1 aromatic heterocycles. The number of carbonyl (C=O) groups is 1. The molecule has 0 radical (unpaired) electrons. The van der Waals surface area contributed by atoms with Crippen molar-refractivity contribution in [1.82, 2.24) is 18.7 Å². The highest BCUT2D eigenvalue weighted by atomic mass is 32.2. The van der Waals surface area contributed by atoms with E-state index in [9.17, 15) is 13.2 Å². The topological polar surface area (TPSA) is 65.9 Å². The third-order valence-corrected chi connectivity index (χ3v) is 7.07. The van der Waals surface area contributed by atoms with Gasteiger partial charge in [0.05, 0.1) is 6.26 Å². The molecule has 0 aliphatic carbocycles. The summed E-state index contributed by atoms with van der Waals surface area (Å²) < 4.78 is 27.2. The highest BCUT2D eigenvalue weighted by Crippen LogP contribution is 2.33. The Labute approximate surface area is 150 Å². The van der Waals surface area contributed by atoms with Gasteiger partial charge in [-0.05, 0) is 25.0 Å². The van der Waals surface area contributed by atoms with Gasteiger partial charge >= 0.3 is 0 Å². The number of rotatable bonds is 4. The Kier molecular flexibility index (Phi) is 4.96. The Morgan fingerprint density at radius 3 is 2.36 bits per heavy atom. The molecule has 3 rings (SSSR count). The van der Waals surface area contributed by atoms with Crippen LogP contribution in [0.15, 0.2) is 18.3 Å². The Balaban J connectivity index is 1.65. The molecule has 140 valence electrons. The monoisotopic (exact) mass is 368 g/mol. The van der Waals surface area contributed by atoms with Crippen molar-refractivity contribution >= 4 is 15.9 Å². The summed E-state index contributed by atoms with van der Waals surface area (Å²) in [6.45, 7) is 6.25. The van der Waals surface area contributed by atoms with Crippen LogP contribution in [0.1, 0.15) is 30.3 Å². The summed E-state index contributed by atoms with van der Waals surface area (Å²) in [6, 6.07) is 3.73. The number of sulfonamides is 1. The van der Waals surface area contributed by atoms with E-state index in [1.165, 1.54) is 6.26 Å². The van der Waals surface area contributed by atoms with E-state index >= 15 is 0 Å². The molecule has 0 spiro atoms. The van der Waals surface area contributed by atoms with Crippen LogP contribution < -0.4 is 0 Å². The Hall–Kier alpha value is -1.38. The fourth-order valence-electron chi connectivity index (χ4n) is 4.10. The molecule has 25 heavy (non-hydrogen) atoms. The highest BCUT2D eigenvalue weighted by Gasteiger charge is 2.45. The number of hydrogen-bond acceptors (Lipinski definition) is 4. The number of aromatic nitrogens is 1. The molecule has 2 saturated heterocycles. The molecule has 1 atom stereocenters. The summed E-state index contributed by atoms with van der Waals surface area (Å²) in [4.78, 5) is 16.9. The first-order chi connectivity index (χ1) is 11.8. The van der Waals surface area contributed by atoms with Gasteiger partial charge < -0.3 is 9.47 Å². The molecule has 2 fully saturated rings. The first kappa shape index (κ1) is 18.4. The van der Waals surface area contributed by atoms with E-state index in [-0.39, 0.29) is 11.4 Å². The fraction of sp³-hybridized carbons (Fsp3) is 0.706. The van der Waals surface area contributed by atoms with E-state index in [1.807, 2.05) is 34.8 Å². The number of nitrogens with zero attached hydrogens (tertiary/aromatic N) is 4. The number of amides is 1. The molecular weight excluding hydrogens is 340 g/mol. The minimum absolute atomic E-state index is 0.0712. The summed E-state index contributed by atoms with van der Waals surface area (Å²) >= 11 is 0. The molecule has 7 nitrogen and oxygen atoms in total. The smallest absolute Gasteiger partial charge is 0.270 e. The predicted molar refractivity (Wildman–Crippen MR) is 96.9 cm³/mol. The SMILES string of the molecule is CC[C@@]1(N2CCN(C(=O)c3cccn3C)CC2)CCN(S(C)(=O)=O)C1. The van der Waals surface area contributed by atoms with Crippen LogP contribution in [0.25, 0.3) is 0 Å². The van der Waals surface area contributed by atoms with Crippen molar-refractivity contribution in [2.24, 2.45) is 7.05 Å². The number of carbonyl (C=O) groups excluding carboxylic acids is 1. The molecule has 2 aliphatic heterocycles. The van der Waals surface area contributed by atoms with Crippen molar-refractivity contribution in [2.45, 2.75) is 25.3 Å². The predicted octanol–water partition coefficient (Wildman–Crippen LogP) is 0.597. The lowest BCUT2D eigenvalue weighted by molar-refractivity contribution is 0.0307. The first-order valence-corrected chi connectivity index (χ1v) is 10.7. The second kappa shape index (κ2) is 6.74. The van der Waals surface area contributed by atoms with Crippen LogP contribution in [0.5, 0.6) is 0 Å². The molecule has 3 heterocycles. The van der Waals surface area contributed by atoms with Gasteiger partial charge in [-0.15, -0.1) is 0 Å². The number of aryl methyl sites for hydroxylation is 1. The molecule has 0 unspecified atom stereocenters. The average Bonchev–Trinajstić information content (AvgIpc) is 3.21. The molecule has 2 aliphatic rings. The zero-order valence-corrected chi connectivity index (χ0v) is 16.1. The maximum atomic E-state index is 12.6. The lowest BCUT2D eigenvalue weighted by Crippen LogP contribution is -2.59. The molecular formula is C17H28N4O3S. The molecule has 0 aromatic carbocycles. The van der Waals surface area contributed by atoms with Crippen molar-refractivity contribution < 1.29 is 13.2 Å². The third kappa shape index (κ3) is 3.47. The summed E-state index contributed by atoms with van der Waals surface area (Å²) in [5.41, 5.74) is 0.617. The standard InChI is InChI=1S/C17H28N4O3S/c1-4-17(7-9-21(14-17)25(3,23)24)20-12-10-19(11-13-20)16(22)15-6-5-8-18(15)2/h5-6,8H,4,7,9-14H2,1-3H3/t17-/m1/s1. The van der Waals surface area contributed by atoms with Crippen LogP contribution in [0.3, 0.4) is 0 Å². The first-order valence-electron chi connectivity index (χ1n) is 8.87. The van der Waals surface area contributed by atoms with Crippen molar-refractivity contribution in [1.29, 1.82) is 0 Å².